The van der Waals surface area contributed by atoms with Crippen LogP contribution >= 0.6 is 0 Å². The maximum Gasteiger partial charge on any atom is 0.511 e. The quantitative estimate of drug-likeness (QED) is 0.516. The molecule has 1 saturated carbocycles. The lowest BCUT2D eigenvalue weighted by atomic mass is 9.93. The van der Waals surface area contributed by atoms with Crippen molar-refractivity contribution in [1.29, 1.82) is 0 Å². The predicted molar refractivity (Wildman–Crippen MR) is 134 cm³/mol. The van der Waals surface area contributed by atoms with Crippen molar-refractivity contribution in [3.63, 3.8) is 0 Å². The number of nitrogens with one attached hydrogen (secondary N) is 1. The standard InChI is InChI=1S/C26H34F3N3O4S/c1-25(2,3)36-24(33)30-15-17-4-7-19(8-5-17)20-9-6-18(12-20)13-22-14-21-10-11-32(16-23(21)31-22)37(34,35)26(27,28)29/h4-5,7-8,14,18,20-21H,6,9-13,15-16H2,1-3H3,(H,30,33). The summed E-state index contributed by atoms with van der Waals surface area (Å²) in [7, 11) is -5.33. The normalized spacial score (nSPS) is 24.9. The molecule has 0 aromatic heterocycles. The van der Waals surface area contributed by atoms with Crippen LogP contribution in [-0.2, 0) is 21.3 Å². The number of sulfonamides is 1. The molecular formula is C26H34F3N3O4S. The van der Waals surface area contributed by atoms with Crippen LogP contribution in [0.15, 0.2) is 41.0 Å². The van der Waals surface area contributed by atoms with Crippen molar-refractivity contribution in [3.8, 4) is 0 Å². The highest BCUT2D eigenvalue weighted by Gasteiger charge is 2.51. The molecule has 37 heavy (non-hydrogen) atoms. The third-order valence-corrected chi connectivity index (χ3v) is 8.67. The van der Waals surface area contributed by atoms with Crippen LogP contribution in [0.25, 0.3) is 0 Å². The number of fused-ring (bicyclic) bond motifs is 1. The van der Waals surface area contributed by atoms with Gasteiger partial charge in [-0.25, -0.2) is 13.2 Å². The van der Waals surface area contributed by atoms with Crippen molar-refractivity contribution in [3.05, 3.63) is 47.2 Å². The summed E-state index contributed by atoms with van der Waals surface area (Å²) in [6, 6.07) is 8.21. The molecule has 7 nitrogen and oxygen atoms in total. The van der Waals surface area contributed by atoms with Gasteiger partial charge in [-0.2, -0.15) is 17.5 Å². The van der Waals surface area contributed by atoms with Crippen molar-refractivity contribution < 1.29 is 31.1 Å². The summed E-state index contributed by atoms with van der Waals surface area (Å²) in [5.74, 6) is 0.764. The van der Waals surface area contributed by atoms with Gasteiger partial charge in [-0.3, -0.25) is 4.99 Å². The molecule has 3 unspecified atom stereocenters. The molecule has 0 bridgehead atoms. The average molecular weight is 542 g/mol. The van der Waals surface area contributed by atoms with Gasteiger partial charge < -0.3 is 10.1 Å². The molecule has 2 heterocycles. The lowest BCUT2D eigenvalue weighted by molar-refractivity contribution is -0.0487. The predicted octanol–water partition coefficient (Wildman–Crippen LogP) is 5.50. The van der Waals surface area contributed by atoms with E-state index in [9.17, 15) is 26.4 Å². The van der Waals surface area contributed by atoms with Crippen molar-refractivity contribution in [2.75, 3.05) is 13.1 Å². The summed E-state index contributed by atoms with van der Waals surface area (Å²) in [5.41, 5.74) is -2.22. The number of rotatable bonds is 6. The van der Waals surface area contributed by atoms with E-state index in [2.05, 4.69) is 22.4 Å². The van der Waals surface area contributed by atoms with Crippen molar-refractivity contribution in [2.24, 2.45) is 16.8 Å². The topological polar surface area (TPSA) is 88.1 Å². The fourth-order valence-electron chi connectivity index (χ4n) is 5.30. The molecule has 3 aliphatic rings. The largest absolute Gasteiger partial charge is 0.511 e. The summed E-state index contributed by atoms with van der Waals surface area (Å²) in [6.45, 7) is 5.40. The Hall–Kier alpha value is -2.40. The maximum atomic E-state index is 12.9. The molecule has 1 aromatic rings. The minimum atomic E-state index is -5.33. The van der Waals surface area contributed by atoms with Crippen LogP contribution in [0.4, 0.5) is 18.0 Å². The fourth-order valence-corrected chi connectivity index (χ4v) is 6.24. The lowest BCUT2D eigenvalue weighted by Gasteiger charge is -2.29. The van der Waals surface area contributed by atoms with Gasteiger partial charge in [0.2, 0.25) is 0 Å². The van der Waals surface area contributed by atoms with Crippen molar-refractivity contribution in [2.45, 2.75) is 76.4 Å². The Morgan fingerprint density at radius 3 is 2.49 bits per heavy atom. The molecule has 1 saturated heterocycles. The van der Waals surface area contributed by atoms with Gasteiger partial charge in [0, 0.05) is 30.4 Å². The van der Waals surface area contributed by atoms with Crippen molar-refractivity contribution in [1.82, 2.24) is 9.62 Å². The Morgan fingerprint density at radius 2 is 1.84 bits per heavy atom. The molecule has 0 radical (unpaired) electrons. The number of amides is 1. The zero-order valence-corrected chi connectivity index (χ0v) is 22.2. The van der Waals surface area contributed by atoms with Crippen molar-refractivity contribution >= 4 is 21.8 Å². The van der Waals surface area contributed by atoms with Crippen LogP contribution in [0.1, 0.15) is 69.9 Å². The van der Waals surface area contributed by atoms with Gasteiger partial charge in [0.1, 0.15) is 5.60 Å². The summed E-state index contributed by atoms with van der Waals surface area (Å²) < 4.78 is 68.1. The smallest absolute Gasteiger partial charge is 0.444 e. The number of carbonyl (C=O) groups excluding carboxylic acids is 1. The number of aliphatic imine (C=N–C) groups is 1. The van der Waals surface area contributed by atoms with Gasteiger partial charge in [0.25, 0.3) is 0 Å². The summed E-state index contributed by atoms with van der Waals surface area (Å²) >= 11 is 0. The minimum absolute atomic E-state index is 0.0753. The molecule has 0 spiro atoms. The first-order chi connectivity index (χ1) is 17.2. The summed E-state index contributed by atoms with van der Waals surface area (Å²) in [5, 5.41) is 2.76. The SMILES string of the molecule is CC(C)(C)OC(=O)NCc1ccc(C2CCC(CC3=CC4CCN(S(=O)(=O)C(F)(F)F)CC4=N3)C2)cc1. The van der Waals surface area contributed by atoms with E-state index in [1.807, 2.05) is 39.0 Å². The molecule has 4 rings (SSSR count). The van der Waals surface area contributed by atoms with Gasteiger partial charge in [-0.15, -0.1) is 0 Å². The van der Waals surface area contributed by atoms with Gasteiger partial charge in [0.15, 0.2) is 0 Å². The molecule has 1 N–H and O–H groups in total. The van der Waals surface area contributed by atoms with E-state index in [-0.39, 0.29) is 19.0 Å². The highest BCUT2D eigenvalue weighted by Crippen LogP contribution is 2.42. The zero-order chi connectivity index (χ0) is 27.0. The van der Waals surface area contributed by atoms with E-state index in [1.54, 1.807) is 0 Å². The van der Waals surface area contributed by atoms with Crippen LogP contribution in [0.3, 0.4) is 0 Å². The number of alkyl halides is 3. The second-order valence-corrected chi connectivity index (χ2v) is 13.0. The van der Waals surface area contributed by atoms with E-state index >= 15 is 0 Å². The third-order valence-electron chi connectivity index (χ3n) is 7.09. The van der Waals surface area contributed by atoms with E-state index in [0.29, 0.717) is 34.8 Å². The number of alkyl carbamates (subject to hydrolysis) is 1. The van der Waals surface area contributed by atoms with E-state index in [1.165, 1.54) is 5.56 Å². The van der Waals surface area contributed by atoms with Gasteiger partial charge in [-0.1, -0.05) is 30.3 Å². The van der Waals surface area contributed by atoms with Gasteiger partial charge in [-0.05, 0) is 75.8 Å². The third kappa shape index (κ3) is 6.73. The monoisotopic (exact) mass is 541 g/mol. The number of carbonyl (C=O) groups is 1. The summed E-state index contributed by atoms with van der Waals surface area (Å²) in [6.07, 6.45) is 5.71. The fraction of sp³-hybridized carbons (Fsp3) is 0.615. The van der Waals surface area contributed by atoms with Crippen LogP contribution in [-0.4, -0.2) is 48.7 Å². The molecule has 2 fully saturated rings. The number of halogens is 3. The van der Waals surface area contributed by atoms with Gasteiger partial charge >= 0.3 is 21.6 Å². The second kappa shape index (κ2) is 10.4. The Balaban J connectivity index is 1.28. The number of benzene rings is 1. The molecule has 2 aliphatic heterocycles. The second-order valence-electron chi connectivity index (χ2n) is 11.1. The van der Waals surface area contributed by atoms with Crippen LogP contribution in [0.2, 0.25) is 0 Å². The van der Waals surface area contributed by atoms with E-state index in [0.717, 1.165) is 36.9 Å². The first-order valence-corrected chi connectivity index (χ1v) is 14.1. The number of ether oxygens (including phenoxy) is 1. The van der Waals surface area contributed by atoms with Crippen LogP contribution in [0.5, 0.6) is 0 Å². The Bertz CT molecular complexity index is 1170. The molecule has 1 aromatic carbocycles. The van der Waals surface area contributed by atoms with E-state index < -0.39 is 27.2 Å². The van der Waals surface area contributed by atoms with Gasteiger partial charge in [0.05, 0.1) is 6.54 Å². The molecule has 11 heteroatoms. The number of allylic oxidation sites excluding steroid dienone is 2. The van der Waals surface area contributed by atoms with Crippen LogP contribution < -0.4 is 5.32 Å². The maximum absolute atomic E-state index is 12.9. The number of piperidine rings is 1. The molecule has 1 aliphatic carbocycles. The minimum Gasteiger partial charge on any atom is -0.444 e. The zero-order valence-electron chi connectivity index (χ0n) is 21.3. The highest BCUT2D eigenvalue weighted by atomic mass is 32.2. The molecule has 3 atom stereocenters. The average Bonchev–Trinajstić information content (AvgIpc) is 3.42. The first-order valence-electron chi connectivity index (χ1n) is 12.6. The number of hydrogen-bond donors (Lipinski definition) is 1. The number of nitrogens with zero attached hydrogens (tertiary/aromatic N) is 2. The molecular weight excluding hydrogens is 507 g/mol. The lowest BCUT2D eigenvalue weighted by Crippen LogP contribution is -2.48. The van der Waals surface area contributed by atoms with E-state index in [4.69, 9.17) is 4.74 Å². The van der Waals surface area contributed by atoms with Crippen LogP contribution in [0, 0.1) is 11.8 Å². The Kier molecular flexibility index (Phi) is 7.77. The Labute approximate surface area is 216 Å². The first kappa shape index (κ1) is 27.6. The summed E-state index contributed by atoms with van der Waals surface area (Å²) in [4.78, 5) is 16.4. The highest BCUT2D eigenvalue weighted by molar-refractivity contribution is 7.90. The molecule has 204 valence electrons. The Morgan fingerprint density at radius 1 is 1.14 bits per heavy atom. The molecule has 1 amide bonds. The number of hydrogen-bond acceptors (Lipinski definition) is 5.